The van der Waals surface area contributed by atoms with E-state index in [-0.39, 0.29) is 6.61 Å². The number of hydrogen-bond donors (Lipinski definition) is 1. The Morgan fingerprint density at radius 1 is 1.21 bits per heavy atom. The van der Waals surface area contributed by atoms with Crippen LogP contribution >= 0.6 is 0 Å². The van der Waals surface area contributed by atoms with Crippen LogP contribution in [-0.2, 0) is 6.42 Å². The molecule has 1 heteroatoms. The van der Waals surface area contributed by atoms with Crippen molar-refractivity contribution in [2.45, 2.75) is 26.2 Å². The molecule has 0 bridgehead atoms. The predicted octanol–water partition coefficient (Wildman–Crippen LogP) is 2.37. The molecule has 0 saturated heterocycles. The summed E-state index contributed by atoms with van der Waals surface area (Å²) >= 11 is 0. The predicted molar refractivity (Wildman–Crippen MR) is 59.0 cm³/mol. The van der Waals surface area contributed by atoms with Crippen molar-refractivity contribution in [1.29, 1.82) is 0 Å². The molecule has 0 unspecified atom stereocenters. The Bertz CT molecular complexity index is 313. The summed E-state index contributed by atoms with van der Waals surface area (Å²) in [5.41, 5.74) is 2.39. The van der Waals surface area contributed by atoms with E-state index in [1.165, 1.54) is 12.0 Å². The number of aliphatic hydroxyl groups excluding tert-OH is 1. The van der Waals surface area contributed by atoms with Crippen LogP contribution in [-0.4, -0.2) is 11.7 Å². The van der Waals surface area contributed by atoms with Gasteiger partial charge in [-0.25, -0.2) is 0 Å². The van der Waals surface area contributed by atoms with Gasteiger partial charge in [0.1, 0.15) is 0 Å². The molecule has 1 rings (SSSR count). The van der Waals surface area contributed by atoms with Gasteiger partial charge in [-0.3, -0.25) is 0 Å². The number of aliphatic hydroxyl groups is 1. The molecule has 0 fully saturated rings. The summed E-state index contributed by atoms with van der Waals surface area (Å²) in [7, 11) is 0. The number of hydrogen-bond acceptors (Lipinski definition) is 1. The van der Waals surface area contributed by atoms with Crippen molar-refractivity contribution in [1.82, 2.24) is 0 Å². The quantitative estimate of drug-likeness (QED) is 0.722. The zero-order valence-electron chi connectivity index (χ0n) is 8.59. The Morgan fingerprint density at radius 3 is 2.50 bits per heavy atom. The maximum atomic E-state index is 8.56. The molecule has 0 atom stereocenters. The Balaban J connectivity index is 2.60. The minimum atomic E-state index is 0.140. The fraction of sp³-hybridized carbons (Fsp3) is 0.385. The second kappa shape index (κ2) is 6.23. The molecule has 0 aliphatic rings. The van der Waals surface area contributed by atoms with E-state index in [1.54, 1.807) is 0 Å². The number of benzene rings is 1. The zero-order valence-corrected chi connectivity index (χ0v) is 8.59. The monoisotopic (exact) mass is 188 g/mol. The molecule has 0 radical (unpaired) electrons. The molecule has 0 saturated carbocycles. The summed E-state index contributed by atoms with van der Waals surface area (Å²) in [6, 6.07) is 8.31. The van der Waals surface area contributed by atoms with E-state index in [4.69, 9.17) is 5.11 Å². The average molecular weight is 188 g/mol. The van der Waals surface area contributed by atoms with Crippen LogP contribution in [0.25, 0.3) is 0 Å². The summed E-state index contributed by atoms with van der Waals surface area (Å²) in [5, 5.41) is 8.56. The highest BCUT2D eigenvalue weighted by Crippen LogP contribution is 2.05. The molecule has 1 nitrogen and oxygen atoms in total. The van der Waals surface area contributed by atoms with Crippen LogP contribution in [0, 0.1) is 11.8 Å². The van der Waals surface area contributed by atoms with E-state index in [2.05, 4.69) is 30.9 Å². The number of rotatable bonds is 3. The highest BCUT2D eigenvalue weighted by Gasteiger charge is 1.90. The van der Waals surface area contributed by atoms with Gasteiger partial charge in [0, 0.05) is 12.0 Å². The van der Waals surface area contributed by atoms with E-state index in [1.807, 2.05) is 12.1 Å². The summed E-state index contributed by atoms with van der Waals surface area (Å²) in [4.78, 5) is 0. The second-order valence-electron chi connectivity index (χ2n) is 3.22. The Morgan fingerprint density at radius 2 is 1.93 bits per heavy atom. The minimum Gasteiger partial charge on any atom is -0.395 e. The molecule has 74 valence electrons. The Kier molecular flexibility index (Phi) is 4.82. The van der Waals surface area contributed by atoms with Gasteiger partial charge in [0.05, 0.1) is 6.61 Å². The standard InChI is InChI=1S/C13H16O/c1-2-5-12-7-9-13(10-8-12)6-3-4-11-14/h7-10,14H,2,4-5,11H2,1H3. The lowest BCUT2D eigenvalue weighted by Crippen LogP contribution is -1.83. The van der Waals surface area contributed by atoms with Crippen LogP contribution < -0.4 is 0 Å². The first kappa shape index (κ1) is 10.8. The fourth-order valence-electron chi connectivity index (χ4n) is 1.26. The van der Waals surface area contributed by atoms with Gasteiger partial charge in [-0.2, -0.15) is 0 Å². The molecular weight excluding hydrogens is 172 g/mol. The molecule has 14 heavy (non-hydrogen) atoms. The number of aryl methyl sites for hydroxylation is 1. The van der Waals surface area contributed by atoms with E-state index < -0.39 is 0 Å². The maximum Gasteiger partial charge on any atom is 0.0540 e. The second-order valence-corrected chi connectivity index (χ2v) is 3.22. The molecule has 0 spiro atoms. The first-order chi connectivity index (χ1) is 6.86. The Hall–Kier alpha value is -1.26. The van der Waals surface area contributed by atoms with Crippen molar-refractivity contribution in [3.05, 3.63) is 35.4 Å². The first-order valence-electron chi connectivity index (χ1n) is 5.05. The van der Waals surface area contributed by atoms with E-state index in [0.717, 1.165) is 12.0 Å². The van der Waals surface area contributed by atoms with Gasteiger partial charge in [0.2, 0.25) is 0 Å². The van der Waals surface area contributed by atoms with Crippen LogP contribution in [0.15, 0.2) is 24.3 Å². The summed E-state index contributed by atoms with van der Waals surface area (Å²) < 4.78 is 0. The van der Waals surface area contributed by atoms with Gasteiger partial charge < -0.3 is 5.11 Å². The molecule has 0 aliphatic heterocycles. The average Bonchev–Trinajstić information content (AvgIpc) is 2.21. The van der Waals surface area contributed by atoms with Crippen molar-refractivity contribution in [3.8, 4) is 11.8 Å². The normalized spacial score (nSPS) is 9.29. The lowest BCUT2D eigenvalue weighted by atomic mass is 10.1. The molecule has 0 aromatic heterocycles. The van der Waals surface area contributed by atoms with Gasteiger partial charge in [-0.1, -0.05) is 37.3 Å². The van der Waals surface area contributed by atoms with Crippen LogP contribution in [0.3, 0.4) is 0 Å². The zero-order chi connectivity index (χ0) is 10.2. The van der Waals surface area contributed by atoms with Gasteiger partial charge in [0.25, 0.3) is 0 Å². The smallest absolute Gasteiger partial charge is 0.0540 e. The van der Waals surface area contributed by atoms with Gasteiger partial charge in [-0.05, 0) is 24.1 Å². The maximum absolute atomic E-state index is 8.56. The lowest BCUT2D eigenvalue weighted by Gasteiger charge is -1.97. The van der Waals surface area contributed by atoms with Crippen molar-refractivity contribution in [3.63, 3.8) is 0 Å². The highest BCUT2D eigenvalue weighted by atomic mass is 16.2. The summed E-state index contributed by atoms with van der Waals surface area (Å²) in [6.07, 6.45) is 2.86. The van der Waals surface area contributed by atoms with Crippen molar-refractivity contribution < 1.29 is 5.11 Å². The Labute approximate surface area is 85.8 Å². The molecule has 1 aromatic carbocycles. The summed E-state index contributed by atoms with van der Waals surface area (Å²) in [6.45, 7) is 2.32. The SMILES string of the molecule is CCCc1ccc(C#CCCO)cc1. The lowest BCUT2D eigenvalue weighted by molar-refractivity contribution is 0.305. The molecule has 0 amide bonds. The van der Waals surface area contributed by atoms with Crippen molar-refractivity contribution >= 4 is 0 Å². The molecule has 1 N–H and O–H groups in total. The van der Waals surface area contributed by atoms with Crippen molar-refractivity contribution in [2.24, 2.45) is 0 Å². The molecule has 0 heterocycles. The third-order valence-corrected chi connectivity index (χ3v) is 1.96. The van der Waals surface area contributed by atoms with Crippen molar-refractivity contribution in [2.75, 3.05) is 6.61 Å². The fourth-order valence-corrected chi connectivity index (χ4v) is 1.26. The third kappa shape index (κ3) is 3.64. The molecule has 0 aliphatic carbocycles. The highest BCUT2D eigenvalue weighted by molar-refractivity contribution is 5.36. The first-order valence-corrected chi connectivity index (χ1v) is 5.05. The van der Waals surface area contributed by atoms with Crippen LogP contribution in [0.4, 0.5) is 0 Å². The van der Waals surface area contributed by atoms with Crippen LogP contribution in [0.1, 0.15) is 30.9 Å². The van der Waals surface area contributed by atoms with E-state index in [9.17, 15) is 0 Å². The van der Waals surface area contributed by atoms with Gasteiger partial charge >= 0.3 is 0 Å². The molecular formula is C13H16O. The van der Waals surface area contributed by atoms with Gasteiger partial charge in [0.15, 0.2) is 0 Å². The van der Waals surface area contributed by atoms with Gasteiger partial charge in [-0.15, -0.1) is 0 Å². The third-order valence-electron chi connectivity index (χ3n) is 1.96. The van der Waals surface area contributed by atoms with Crippen LogP contribution in [0.5, 0.6) is 0 Å². The van der Waals surface area contributed by atoms with E-state index in [0.29, 0.717) is 6.42 Å². The summed E-state index contributed by atoms with van der Waals surface area (Å²) in [5.74, 6) is 5.91. The van der Waals surface area contributed by atoms with E-state index >= 15 is 0 Å². The largest absolute Gasteiger partial charge is 0.395 e. The minimum absolute atomic E-state index is 0.140. The van der Waals surface area contributed by atoms with Crippen LogP contribution in [0.2, 0.25) is 0 Å². The topological polar surface area (TPSA) is 20.2 Å². The molecule has 1 aromatic rings.